The van der Waals surface area contributed by atoms with Crippen LogP contribution < -0.4 is 5.73 Å². The second-order valence-electron chi connectivity index (χ2n) is 3.66. The smallest absolute Gasteiger partial charge is 0.0727 e. The highest BCUT2D eigenvalue weighted by Gasteiger charge is 2.00. The molecule has 1 rings (SSSR count). The van der Waals surface area contributed by atoms with E-state index in [0.717, 1.165) is 25.9 Å². The second kappa shape index (κ2) is 6.48. The maximum absolute atomic E-state index is 5.44. The summed E-state index contributed by atoms with van der Waals surface area (Å²) in [6.07, 6.45) is 5.49. The van der Waals surface area contributed by atoms with E-state index in [2.05, 4.69) is 16.9 Å². The molecule has 0 saturated carbocycles. The number of nitrogens with zero attached hydrogens (tertiary/aromatic N) is 2. The van der Waals surface area contributed by atoms with Crippen LogP contribution in [0.4, 0.5) is 0 Å². The maximum atomic E-state index is 5.44. The Kier molecular flexibility index (Phi) is 5.21. The Morgan fingerprint density at radius 2 is 2.13 bits per heavy atom. The zero-order valence-electron chi connectivity index (χ0n) is 9.02. The summed E-state index contributed by atoms with van der Waals surface area (Å²) in [6, 6.07) is 4.06. The Morgan fingerprint density at radius 1 is 1.47 bits per heavy atom. The van der Waals surface area contributed by atoms with Crippen molar-refractivity contribution in [2.45, 2.75) is 19.4 Å². The fourth-order valence-corrected chi connectivity index (χ4v) is 1.55. The second-order valence-corrected chi connectivity index (χ2v) is 4.19. The molecule has 0 aliphatic rings. The summed E-state index contributed by atoms with van der Waals surface area (Å²) in [5.41, 5.74) is 6.72. The summed E-state index contributed by atoms with van der Waals surface area (Å²) in [7, 11) is 2.10. The third kappa shape index (κ3) is 5.44. The van der Waals surface area contributed by atoms with Crippen LogP contribution in [0, 0.1) is 0 Å². The van der Waals surface area contributed by atoms with Crippen molar-refractivity contribution in [3.05, 3.63) is 30.1 Å². The monoisotopic (exact) mass is 223 g/mol. The van der Waals surface area contributed by atoms with Gasteiger partial charge in [-0.3, -0.25) is 4.98 Å². The molecule has 0 atom stereocenters. The summed E-state index contributed by atoms with van der Waals surface area (Å²) in [5, 5.41) is 0. The third-order valence-corrected chi connectivity index (χ3v) is 2.37. The summed E-state index contributed by atoms with van der Waals surface area (Å²) in [4.78, 5) is 6.85. The Bertz CT molecular complexity index is 300. The van der Waals surface area contributed by atoms with E-state index in [1.165, 1.54) is 5.56 Å². The molecule has 0 radical (unpaired) electrons. The molecule has 0 fully saturated rings. The predicted molar refractivity (Wildman–Crippen MR) is 66.6 cm³/mol. The van der Waals surface area contributed by atoms with E-state index < -0.39 is 0 Å². The van der Waals surface area contributed by atoms with Gasteiger partial charge in [-0.2, -0.15) is 0 Å². The number of thiocarbonyl (C=S) groups is 1. The van der Waals surface area contributed by atoms with Crippen molar-refractivity contribution in [2.75, 3.05) is 13.6 Å². The molecule has 3 nitrogen and oxygen atoms in total. The van der Waals surface area contributed by atoms with Gasteiger partial charge in [0.2, 0.25) is 0 Å². The number of nitrogens with two attached hydrogens (primary N) is 1. The molecule has 82 valence electrons. The van der Waals surface area contributed by atoms with E-state index in [9.17, 15) is 0 Å². The van der Waals surface area contributed by atoms with Crippen LogP contribution >= 0.6 is 12.2 Å². The highest BCUT2D eigenvalue weighted by molar-refractivity contribution is 7.80. The van der Waals surface area contributed by atoms with E-state index in [1.807, 2.05) is 24.5 Å². The van der Waals surface area contributed by atoms with Crippen molar-refractivity contribution in [3.8, 4) is 0 Å². The van der Waals surface area contributed by atoms with Crippen LogP contribution in [0.3, 0.4) is 0 Å². The van der Waals surface area contributed by atoms with E-state index >= 15 is 0 Å². The van der Waals surface area contributed by atoms with Crippen LogP contribution in [0.2, 0.25) is 0 Å². The number of rotatable bonds is 6. The van der Waals surface area contributed by atoms with Gasteiger partial charge < -0.3 is 10.6 Å². The lowest BCUT2D eigenvalue weighted by atomic mass is 10.2. The van der Waals surface area contributed by atoms with Crippen LogP contribution in [-0.2, 0) is 6.54 Å². The number of aromatic nitrogens is 1. The minimum atomic E-state index is 0.604. The van der Waals surface area contributed by atoms with Crippen molar-refractivity contribution >= 4 is 17.2 Å². The summed E-state index contributed by atoms with van der Waals surface area (Å²) >= 11 is 4.83. The van der Waals surface area contributed by atoms with E-state index in [0.29, 0.717) is 4.99 Å². The van der Waals surface area contributed by atoms with Crippen molar-refractivity contribution in [3.63, 3.8) is 0 Å². The van der Waals surface area contributed by atoms with Gasteiger partial charge in [0.15, 0.2) is 0 Å². The molecule has 2 N–H and O–H groups in total. The Morgan fingerprint density at radius 3 is 2.73 bits per heavy atom. The van der Waals surface area contributed by atoms with Gasteiger partial charge in [-0.05, 0) is 44.1 Å². The first-order valence-electron chi connectivity index (χ1n) is 5.04. The molecule has 0 bridgehead atoms. The van der Waals surface area contributed by atoms with Crippen LogP contribution in [0.5, 0.6) is 0 Å². The van der Waals surface area contributed by atoms with Crippen LogP contribution in [0.15, 0.2) is 24.5 Å². The Balaban J connectivity index is 2.24. The largest absolute Gasteiger partial charge is 0.393 e. The molecule has 1 aromatic rings. The van der Waals surface area contributed by atoms with Crippen LogP contribution in [0.25, 0.3) is 0 Å². The molecular weight excluding hydrogens is 206 g/mol. The lowest BCUT2D eigenvalue weighted by molar-refractivity contribution is 0.324. The van der Waals surface area contributed by atoms with E-state index in [4.69, 9.17) is 18.0 Å². The first-order valence-corrected chi connectivity index (χ1v) is 5.45. The van der Waals surface area contributed by atoms with E-state index in [1.54, 1.807) is 0 Å². The van der Waals surface area contributed by atoms with Crippen molar-refractivity contribution in [2.24, 2.45) is 5.73 Å². The molecular formula is C11H17N3S. The minimum Gasteiger partial charge on any atom is -0.393 e. The molecule has 0 spiro atoms. The summed E-state index contributed by atoms with van der Waals surface area (Å²) in [5.74, 6) is 0. The zero-order valence-corrected chi connectivity index (χ0v) is 9.83. The summed E-state index contributed by atoms with van der Waals surface area (Å²) in [6.45, 7) is 1.96. The zero-order chi connectivity index (χ0) is 11.1. The standard InChI is InChI=1S/C11H17N3S/c1-14(8-2-3-11(12)15)9-10-4-6-13-7-5-10/h4-7H,2-3,8-9H2,1H3,(H2,12,15). The predicted octanol–water partition coefficient (Wildman–Crippen LogP) is 1.58. The van der Waals surface area contributed by atoms with Gasteiger partial charge in [-0.15, -0.1) is 0 Å². The molecule has 0 aromatic carbocycles. The normalized spacial score (nSPS) is 10.5. The van der Waals surface area contributed by atoms with Gasteiger partial charge in [-0.1, -0.05) is 12.2 Å². The van der Waals surface area contributed by atoms with Crippen LogP contribution in [-0.4, -0.2) is 28.5 Å². The third-order valence-electron chi connectivity index (χ3n) is 2.16. The molecule has 0 aliphatic heterocycles. The van der Waals surface area contributed by atoms with Gasteiger partial charge in [0.05, 0.1) is 4.99 Å². The lowest BCUT2D eigenvalue weighted by Gasteiger charge is -2.16. The first-order chi connectivity index (χ1) is 7.18. The average Bonchev–Trinajstić information content (AvgIpc) is 2.18. The topological polar surface area (TPSA) is 42.1 Å². The minimum absolute atomic E-state index is 0.604. The molecule has 0 unspecified atom stereocenters. The average molecular weight is 223 g/mol. The maximum Gasteiger partial charge on any atom is 0.0727 e. The molecule has 0 aliphatic carbocycles. The SMILES string of the molecule is CN(CCCC(N)=S)Cc1ccncc1. The van der Waals surface area contributed by atoms with Crippen LogP contribution in [0.1, 0.15) is 18.4 Å². The van der Waals surface area contributed by atoms with Gasteiger partial charge in [-0.25, -0.2) is 0 Å². The fraction of sp³-hybridized carbons (Fsp3) is 0.455. The van der Waals surface area contributed by atoms with Gasteiger partial charge in [0.25, 0.3) is 0 Å². The molecule has 4 heteroatoms. The molecule has 1 aromatic heterocycles. The van der Waals surface area contributed by atoms with Crippen molar-refractivity contribution < 1.29 is 0 Å². The summed E-state index contributed by atoms with van der Waals surface area (Å²) < 4.78 is 0. The fourth-order valence-electron chi connectivity index (χ4n) is 1.40. The van der Waals surface area contributed by atoms with Gasteiger partial charge in [0, 0.05) is 18.9 Å². The van der Waals surface area contributed by atoms with Gasteiger partial charge in [0.1, 0.15) is 0 Å². The highest BCUT2D eigenvalue weighted by atomic mass is 32.1. The molecule has 1 heterocycles. The molecule has 0 amide bonds. The quantitative estimate of drug-likeness (QED) is 0.744. The number of hydrogen-bond donors (Lipinski definition) is 1. The molecule has 15 heavy (non-hydrogen) atoms. The van der Waals surface area contributed by atoms with Crippen molar-refractivity contribution in [1.82, 2.24) is 9.88 Å². The lowest BCUT2D eigenvalue weighted by Crippen LogP contribution is -2.20. The van der Waals surface area contributed by atoms with E-state index in [-0.39, 0.29) is 0 Å². The van der Waals surface area contributed by atoms with Gasteiger partial charge >= 0.3 is 0 Å². The molecule has 0 saturated heterocycles. The number of hydrogen-bond acceptors (Lipinski definition) is 3. The Hall–Kier alpha value is -1.00. The van der Waals surface area contributed by atoms with Crippen molar-refractivity contribution in [1.29, 1.82) is 0 Å². The Labute approximate surface area is 96.3 Å². The number of pyridine rings is 1. The highest BCUT2D eigenvalue weighted by Crippen LogP contribution is 2.02. The first kappa shape index (κ1) is 12.1.